The summed E-state index contributed by atoms with van der Waals surface area (Å²) in [7, 11) is 1.29. The van der Waals surface area contributed by atoms with Crippen LogP contribution in [0.5, 0.6) is 5.75 Å². The van der Waals surface area contributed by atoms with Gasteiger partial charge in [-0.1, -0.05) is 23.6 Å². The van der Waals surface area contributed by atoms with Crippen molar-refractivity contribution in [1.82, 2.24) is 0 Å². The first-order valence-electron chi connectivity index (χ1n) is 5.58. The highest BCUT2D eigenvalue weighted by Crippen LogP contribution is 2.18. The van der Waals surface area contributed by atoms with Gasteiger partial charge in [0.25, 0.3) is 0 Å². The molecule has 0 radical (unpaired) electrons. The van der Waals surface area contributed by atoms with Crippen molar-refractivity contribution in [3.05, 3.63) is 29.3 Å². The van der Waals surface area contributed by atoms with Gasteiger partial charge in [-0.2, -0.15) is 0 Å². The standard InChI is InChI=1S/C14H14O4S/c1-10(15)19-8-4-3-5-11-9-12(14(17)18-2)6-7-13(11)16/h6-7,9,16H,4,8H2,1-2H3. The minimum absolute atomic E-state index is 0.0133. The molecule has 0 saturated carbocycles. The maximum atomic E-state index is 11.3. The van der Waals surface area contributed by atoms with Gasteiger partial charge in [0.2, 0.25) is 0 Å². The van der Waals surface area contributed by atoms with Crippen molar-refractivity contribution in [2.45, 2.75) is 13.3 Å². The van der Waals surface area contributed by atoms with E-state index in [9.17, 15) is 14.7 Å². The highest BCUT2D eigenvalue weighted by Gasteiger charge is 2.07. The lowest BCUT2D eigenvalue weighted by atomic mass is 10.1. The average Bonchev–Trinajstić information content (AvgIpc) is 2.39. The minimum atomic E-state index is -0.477. The lowest BCUT2D eigenvalue weighted by molar-refractivity contribution is -0.109. The minimum Gasteiger partial charge on any atom is -0.507 e. The molecule has 0 spiro atoms. The zero-order valence-corrected chi connectivity index (χ0v) is 11.5. The van der Waals surface area contributed by atoms with Gasteiger partial charge in [0, 0.05) is 19.1 Å². The number of aromatic hydroxyl groups is 1. The zero-order valence-electron chi connectivity index (χ0n) is 10.7. The molecule has 4 nitrogen and oxygen atoms in total. The van der Waals surface area contributed by atoms with E-state index in [0.29, 0.717) is 23.3 Å². The molecule has 0 heterocycles. The number of phenolic OH excluding ortho intramolecular Hbond substituents is 1. The second-order valence-electron chi connectivity index (χ2n) is 3.62. The summed E-state index contributed by atoms with van der Waals surface area (Å²) in [6, 6.07) is 4.35. The van der Waals surface area contributed by atoms with Crippen LogP contribution in [-0.4, -0.2) is 29.1 Å². The van der Waals surface area contributed by atoms with Crippen LogP contribution < -0.4 is 0 Å². The monoisotopic (exact) mass is 278 g/mol. The molecule has 0 bridgehead atoms. The number of phenols is 1. The Morgan fingerprint density at radius 3 is 2.79 bits per heavy atom. The van der Waals surface area contributed by atoms with Crippen molar-refractivity contribution < 1.29 is 19.4 Å². The molecule has 1 aromatic carbocycles. The summed E-state index contributed by atoms with van der Waals surface area (Å²) in [5, 5.41) is 9.67. The lowest BCUT2D eigenvalue weighted by Gasteiger charge is -2.01. The van der Waals surface area contributed by atoms with Crippen LogP contribution in [0.3, 0.4) is 0 Å². The normalized spacial score (nSPS) is 9.37. The van der Waals surface area contributed by atoms with Crippen molar-refractivity contribution in [1.29, 1.82) is 0 Å². The molecule has 0 amide bonds. The molecular weight excluding hydrogens is 264 g/mol. The Labute approximate surface area is 116 Å². The molecule has 1 aromatic rings. The molecule has 0 saturated heterocycles. The molecule has 5 heteroatoms. The van der Waals surface area contributed by atoms with Crippen molar-refractivity contribution in [2.75, 3.05) is 12.9 Å². The summed E-state index contributed by atoms with van der Waals surface area (Å²) in [6.07, 6.45) is 0.534. The molecule has 1 rings (SSSR count). The molecule has 0 aliphatic carbocycles. The van der Waals surface area contributed by atoms with E-state index in [2.05, 4.69) is 16.6 Å². The predicted octanol–water partition coefficient (Wildman–Crippen LogP) is 2.20. The lowest BCUT2D eigenvalue weighted by Crippen LogP contribution is -2.01. The van der Waals surface area contributed by atoms with Crippen molar-refractivity contribution >= 4 is 22.8 Å². The fourth-order valence-electron chi connectivity index (χ4n) is 1.28. The molecular formula is C14H14O4S. The van der Waals surface area contributed by atoms with Crippen LogP contribution >= 0.6 is 11.8 Å². The van der Waals surface area contributed by atoms with Crippen LogP contribution in [0.25, 0.3) is 0 Å². The summed E-state index contributed by atoms with van der Waals surface area (Å²) in [5.41, 5.74) is 0.707. The molecule has 1 N–H and O–H groups in total. The third kappa shape index (κ3) is 5.06. The highest BCUT2D eigenvalue weighted by molar-refractivity contribution is 8.13. The van der Waals surface area contributed by atoms with Crippen molar-refractivity contribution in [2.24, 2.45) is 0 Å². The van der Waals surface area contributed by atoms with E-state index in [-0.39, 0.29) is 10.9 Å². The van der Waals surface area contributed by atoms with E-state index >= 15 is 0 Å². The van der Waals surface area contributed by atoms with Gasteiger partial charge in [-0.15, -0.1) is 0 Å². The molecule has 0 fully saturated rings. The summed E-state index contributed by atoms with van der Waals surface area (Å²) in [5.74, 6) is 5.77. The Morgan fingerprint density at radius 1 is 1.42 bits per heavy atom. The van der Waals surface area contributed by atoms with E-state index < -0.39 is 5.97 Å². The maximum Gasteiger partial charge on any atom is 0.337 e. The number of benzene rings is 1. The Bertz CT molecular complexity index is 540. The van der Waals surface area contributed by atoms with Gasteiger partial charge in [-0.25, -0.2) is 4.79 Å². The van der Waals surface area contributed by atoms with Crippen molar-refractivity contribution in [3.8, 4) is 17.6 Å². The van der Waals surface area contributed by atoms with Gasteiger partial charge < -0.3 is 9.84 Å². The first-order chi connectivity index (χ1) is 9.04. The van der Waals surface area contributed by atoms with Crippen molar-refractivity contribution in [3.63, 3.8) is 0 Å². The molecule has 0 atom stereocenters. The number of ether oxygens (including phenoxy) is 1. The molecule has 0 aliphatic heterocycles. The number of methoxy groups -OCH3 is 1. The summed E-state index contributed by atoms with van der Waals surface area (Å²) in [6.45, 7) is 1.50. The van der Waals surface area contributed by atoms with E-state index in [1.807, 2.05) is 0 Å². The van der Waals surface area contributed by atoms with Gasteiger partial charge in [-0.05, 0) is 18.2 Å². The summed E-state index contributed by atoms with van der Waals surface area (Å²) >= 11 is 1.20. The van der Waals surface area contributed by atoms with Gasteiger partial charge in [0.05, 0.1) is 18.2 Å². The van der Waals surface area contributed by atoms with Gasteiger partial charge in [0.15, 0.2) is 5.12 Å². The van der Waals surface area contributed by atoms with E-state index in [4.69, 9.17) is 0 Å². The fourth-order valence-corrected chi connectivity index (χ4v) is 1.78. The Hall–Kier alpha value is -1.93. The Balaban J connectivity index is 2.74. The first kappa shape index (κ1) is 15.1. The number of hydrogen-bond donors (Lipinski definition) is 1. The SMILES string of the molecule is COC(=O)c1ccc(O)c(C#CCCSC(C)=O)c1. The maximum absolute atomic E-state index is 11.3. The van der Waals surface area contributed by atoms with Crippen LogP contribution in [0.4, 0.5) is 0 Å². The first-order valence-corrected chi connectivity index (χ1v) is 6.56. The third-order valence-corrected chi connectivity index (χ3v) is 2.99. The topological polar surface area (TPSA) is 63.6 Å². The zero-order chi connectivity index (χ0) is 14.3. The average molecular weight is 278 g/mol. The van der Waals surface area contributed by atoms with E-state index in [0.717, 1.165) is 0 Å². The van der Waals surface area contributed by atoms with Crippen LogP contribution in [0, 0.1) is 11.8 Å². The number of hydrogen-bond acceptors (Lipinski definition) is 5. The molecule has 0 unspecified atom stereocenters. The van der Waals surface area contributed by atoms with Crippen LogP contribution in [0.2, 0.25) is 0 Å². The number of carbonyl (C=O) groups excluding carboxylic acids is 2. The smallest absolute Gasteiger partial charge is 0.337 e. The summed E-state index contributed by atoms with van der Waals surface area (Å²) < 4.78 is 4.59. The largest absolute Gasteiger partial charge is 0.507 e. The van der Waals surface area contributed by atoms with E-state index in [1.54, 1.807) is 0 Å². The fraction of sp³-hybridized carbons (Fsp3) is 0.286. The van der Waals surface area contributed by atoms with Gasteiger partial charge >= 0.3 is 5.97 Å². The van der Waals surface area contributed by atoms with E-state index in [1.165, 1.54) is 44.0 Å². The molecule has 19 heavy (non-hydrogen) atoms. The Morgan fingerprint density at radius 2 is 2.16 bits per heavy atom. The second kappa shape index (κ2) is 7.49. The van der Waals surface area contributed by atoms with Gasteiger partial charge in [-0.3, -0.25) is 4.79 Å². The number of rotatable bonds is 3. The molecule has 100 valence electrons. The number of esters is 1. The third-order valence-electron chi connectivity index (χ3n) is 2.17. The number of carbonyl (C=O) groups is 2. The van der Waals surface area contributed by atoms with Crippen LogP contribution in [0.1, 0.15) is 29.3 Å². The number of thioether (sulfide) groups is 1. The highest BCUT2D eigenvalue weighted by atomic mass is 32.2. The quantitative estimate of drug-likeness (QED) is 0.521. The molecule has 0 aromatic heterocycles. The van der Waals surface area contributed by atoms with Gasteiger partial charge in [0.1, 0.15) is 5.75 Å². The predicted molar refractivity (Wildman–Crippen MR) is 74.1 cm³/mol. The molecule has 0 aliphatic rings. The summed E-state index contributed by atoms with van der Waals surface area (Å²) in [4.78, 5) is 22.0. The van der Waals surface area contributed by atoms with Crippen LogP contribution in [-0.2, 0) is 9.53 Å². The van der Waals surface area contributed by atoms with Crippen LogP contribution in [0.15, 0.2) is 18.2 Å². The Kier molecular flexibility index (Phi) is 5.97. The second-order valence-corrected chi connectivity index (χ2v) is 4.89.